The van der Waals surface area contributed by atoms with Gasteiger partial charge in [-0.05, 0) is 37.2 Å². The van der Waals surface area contributed by atoms with Crippen LogP contribution >= 0.6 is 0 Å². The number of aryl methyl sites for hydroxylation is 1. The van der Waals surface area contributed by atoms with E-state index < -0.39 is 0 Å². The molecule has 1 aliphatic rings. The fourth-order valence-electron chi connectivity index (χ4n) is 3.34. The standard InChI is InChI=1S/C21H29N5O3/c1-5-25-8-10-26(11-9-25)21-23-15(2)12-17(24-21)20(27)22-14-16-6-7-18(28-3)19(13-16)29-4/h6-7,12-13H,5,8-11,14H2,1-4H3,(H,22,27). The Kier molecular flexibility index (Phi) is 6.87. The second kappa shape index (κ2) is 9.56. The van der Waals surface area contributed by atoms with Gasteiger partial charge in [-0.1, -0.05) is 13.0 Å². The minimum atomic E-state index is -0.223. The maximum Gasteiger partial charge on any atom is 0.270 e. The number of piperazine rings is 1. The number of ether oxygens (including phenoxy) is 2. The van der Waals surface area contributed by atoms with Gasteiger partial charge in [0.2, 0.25) is 5.95 Å². The summed E-state index contributed by atoms with van der Waals surface area (Å²) >= 11 is 0. The summed E-state index contributed by atoms with van der Waals surface area (Å²) in [6.07, 6.45) is 0. The van der Waals surface area contributed by atoms with Crippen molar-refractivity contribution in [2.24, 2.45) is 0 Å². The van der Waals surface area contributed by atoms with E-state index in [0.717, 1.165) is 44.0 Å². The third kappa shape index (κ3) is 5.14. The van der Waals surface area contributed by atoms with Gasteiger partial charge in [0, 0.05) is 38.4 Å². The smallest absolute Gasteiger partial charge is 0.270 e. The summed E-state index contributed by atoms with van der Waals surface area (Å²) in [6, 6.07) is 7.29. The lowest BCUT2D eigenvalue weighted by Crippen LogP contribution is -2.47. The Morgan fingerprint density at radius 2 is 1.79 bits per heavy atom. The molecule has 0 aliphatic carbocycles. The van der Waals surface area contributed by atoms with Gasteiger partial charge in [0.1, 0.15) is 5.69 Å². The number of methoxy groups -OCH3 is 2. The molecule has 156 valence electrons. The topological polar surface area (TPSA) is 79.8 Å². The highest BCUT2D eigenvalue weighted by Gasteiger charge is 2.20. The van der Waals surface area contributed by atoms with E-state index in [2.05, 4.69) is 32.0 Å². The zero-order valence-corrected chi connectivity index (χ0v) is 17.6. The number of nitrogens with one attached hydrogen (secondary N) is 1. The van der Waals surface area contributed by atoms with Gasteiger partial charge in [0.15, 0.2) is 11.5 Å². The highest BCUT2D eigenvalue weighted by molar-refractivity contribution is 5.92. The summed E-state index contributed by atoms with van der Waals surface area (Å²) in [6.45, 7) is 9.16. The maximum atomic E-state index is 12.7. The minimum Gasteiger partial charge on any atom is -0.493 e. The van der Waals surface area contributed by atoms with E-state index in [0.29, 0.717) is 29.7 Å². The van der Waals surface area contributed by atoms with Crippen LogP contribution in [-0.2, 0) is 6.54 Å². The zero-order valence-electron chi connectivity index (χ0n) is 17.6. The molecule has 3 rings (SSSR count). The molecule has 0 radical (unpaired) electrons. The summed E-state index contributed by atoms with van der Waals surface area (Å²) in [4.78, 5) is 26.3. The number of hydrogen-bond donors (Lipinski definition) is 1. The van der Waals surface area contributed by atoms with Crippen LogP contribution in [0.1, 0.15) is 28.7 Å². The van der Waals surface area contributed by atoms with Crippen LogP contribution in [0, 0.1) is 6.92 Å². The number of nitrogens with zero attached hydrogens (tertiary/aromatic N) is 4. The lowest BCUT2D eigenvalue weighted by atomic mass is 10.2. The molecule has 8 heteroatoms. The molecule has 0 spiro atoms. The fourth-order valence-corrected chi connectivity index (χ4v) is 3.34. The predicted octanol–water partition coefficient (Wildman–Crippen LogP) is 1.87. The van der Waals surface area contributed by atoms with E-state index in [-0.39, 0.29) is 5.91 Å². The predicted molar refractivity (Wildman–Crippen MR) is 112 cm³/mol. The Bertz CT molecular complexity index is 850. The second-order valence-electron chi connectivity index (χ2n) is 6.99. The van der Waals surface area contributed by atoms with Crippen molar-refractivity contribution in [1.29, 1.82) is 0 Å². The van der Waals surface area contributed by atoms with Crippen LogP contribution in [0.3, 0.4) is 0 Å². The van der Waals surface area contributed by atoms with Crippen molar-refractivity contribution in [3.63, 3.8) is 0 Å². The summed E-state index contributed by atoms with van der Waals surface area (Å²) in [5, 5.41) is 2.93. The highest BCUT2D eigenvalue weighted by Crippen LogP contribution is 2.27. The molecule has 0 saturated carbocycles. The number of likely N-dealkylation sites (N-methyl/N-ethyl adjacent to an activating group) is 1. The molecule has 0 bridgehead atoms. The molecule has 1 fully saturated rings. The lowest BCUT2D eigenvalue weighted by Gasteiger charge is -2.34. The summed E-state index contributed by atoms with van der Waals surface area (Å²) in [7, 11) is 3.18. The first kappa shape index (κ1) is 20.9. The number of amides is 1. The first-order valence-electron chi connectivity index (χ1n) is 9.86. The van der Waals surface area contributed by atoms with E-state index >= 15 is 0 Å². The Balaban J connectivity index is 1.67. The molecule has 1 N–H and O–H groups in total. The van der Waals surface area contributed by atoms with Gasteiger partial charge >= 0.3 is 0 Å². The number of carbonyl (C=O) groups is 1. The molecule has 0 unspecified atom stereocenters. The summed E-state index contributed by atoms with van der Waals surface area (Å²) in [5.41, 5.74) is 2.08. The summed E-state index contributed by atoms with van der Waals surface area (Å²) < 4.78 is 10.6. The van der Waals surface area contributed by atoms with Gasteiger partial charge in [-0.25, -0.2) is 9.97 Å². The summed E-state index contributed by atoms with van der Waals surface area (Å²) in [5.74, 6) is 1.68. The van der Waals surface area contributed by atoms with Crippen LogP contribution in [0.25, 0.3) is 0 Å². The van der Waals surface area contributed by atoms with E-state index in [9.17, 15) is 4.79 Å². The monoisotopic (exact) mass is 399 g/mol. The molecule has 1 aliphatic heterocycles. The first-order chi connectivity index (χ1) is 14.0. The van der Waals surface area contributed by atoms with Crippen LogP contribution < -0.4 is 19.7 Å². The van der Waals surface area contributed by atoms with Crippen LogP contribution in [0.5, 0.6) is 11.5 Å². The minimum absolute atomic E-state index is 0.223. The van der Waals surface area contributed by atoms with Crippen LogP contribution in [0.15, 0.2) is 24.3 Å². The Morgan fingerprint density at radius 1 is 1.07 bits per heavy atom. The molecule has 1 aromatic carbocycles. The Morgan fingerprint density at radius 3 is 2.45 bits per heavy atom. The lowest BCUT2D eigenvalue weighted by molar-refractivity contribution is 0.0945. The first-order valence-corrected chi connectivity index (χ1v) is 9.86. The van der Waals surface area contributed by atoms with Crippen molar-refractivity contribution in [2.45, 2.75) is 20.4 Å². The van der Waals surface area contributed by atoms with Crippen LogP contribution in [0.2, 0.25) is 0 Å². The van der Waals surface area contributed by atoms with Crippen molar-refractivity contribution in [3.8, 4) is 11.5 Å². The molecule has 2 heterocycles. The van der Waals surface area contributed by atoms with Gasteiger partial charge < -0.3 is 24.6 Å². The maximum absolute atomic E-state index is 12.7. The van der Waals surface area contributed by atoms with Crippen molar-refractivity contribution >= 4 is 11.9 Å². The number of hydrogen-bond acceptors (Lipinski definition) is 7. The number of anilines is 1. The number of benzene rings is 1. The third-order valence-corrected chi connectivity index (χ3v) is 5.08. The quantitative estimate of drug-likeness (QED) is 0.761. The average Bonchev–Trinajstić information content (AvgIpc) is 2.76. The average molecular weight is 399 g/mol. The molecule has 1 aromatic heterocycles. The molecular formula is C21H29N5O3. The van der Waals surface area contributed by atoms with E-state index in [1.54, 1.807) is 20.3 Å². The third-order valence-electron chi connectivity index (χ3n) is 5.08. The molecule has 8 nitrogen and oxygen atoms in total. The molecular weight excluding hydrogens is 370 g/mol. The number of rotatable bonds is 7. The van der Waals surface area contributed by atoms with Crippen molar-refractivity contribution in [2.75, 3.05) is 51.8 Å². The van der Waals surface area contributed by atoms with Gasteiger partial charge in [0.05, 0.1) is 14.2 Å². The van der Waals surface area contributed by atoms with Gasteiger partial charge in [-0.2, -0.15) is 0 Å². The molecule has 1 amide bonds. The van der Waals surface area contributed by atoms with E-state index in [1.165, 1.54) is 0 Å². The van der Waals surface area contributed by atoms with Crippen molar-refractivity contribution in [3.05, 3.63) is 41.2 Å². The van der Waals surface area contributed by atoms with Crippen molar-refractivity contribution < 1.29 is 14.3 Å². The molecule has 0 atom stereocenters. The normalized spacial score (nSPS) is 14.6. The van der Waals surface area contributed by atoms with E-state index in [1.807, 2.05) is 25.1 Å². The van der Waals surface area contributed by atoms with Crippen LogP contribution in [-0.4, -0.2) is 67.7 Å². The van der Waals surface area contributed by atoms with Gasteiger partial charge in [-0.15, -0.1) is 0 Å². The molecule has 29 heavy (non-hydrogen) atoms. The fraction of sp³-hybridized carbons (Fsp3) is 0.476. The zero-order chi connectivity index (χ0) is 20.8. The highest BCUT2D eigenvalue weighted by atomic mass is 16.5. The second-order valence-corrected chi connectivity index (χ2v) is 6.99. The molecule has 1 saturated heterocycles. The number of aromatic nitrogens is 2. The Hall–Kier alpha value is -2.87. The molecule has 2 aromatic rings. The van der Waals surface area contributed by atoms with Gasteiger partial charge in [-0.3, -0.25) is 4.79 Å². The van der Waals surface area contributed by atoms with E-state index in [4.69, 9.17) is 9.47 Å². The van der Waals surface area contributed by atoms with Crippen molar-refractivity contribution in [1.82, 2.24) is 20.2 Å². The van der Waals surface area contributed by atoms with Gasteiger partial charge in [0.25, 0.3) is 5.91 Å². The largest absolute Gasteiger partial charge is 0.493 e. The van der Waals surface area contributed by atoms with Crippen LogP contribution in [0.4, 0.5) is 5.95 Å². The Labute approximate surface area is 171 Å². The number of carbonyl (C=O) groups excluding carboxylic acids is 1. The SMILES string of the molecule is CCN1CCN(c2nc(C)cc(C(=O)NCc3ccc(OC)c(OC)c3)n2)CC1.